The zero-order valence-corrected chi connectivity index (χ0v) is 18.6. The number of imide groups is 1. The molecule has 33 heavy (non-hydrogen) atoms. The maximum atomic E-state index is 13.4. The van der Waals surface area contributed by atoms with Crippen molar-refractivity contribution >= 4 is 23.1 Å². The van der Waals surface area contributed by atoms with E-state index >= 15 is 0 Å². The van der Waals surface area contributed by atoms with Gasteiger partial charge in [-0.25, -0.2) is 0 Å². The van der Waals surface area contributed by atoms with Gasteiger partial charge < -0.3 is 19.5 Å². The Morgan fingerprint density at radius 1 is 0.758 bits per heavy atom. The molecule has 1 aliphatic rings. The van der Waals surface area contributed by atoms with E-state index in [1.807, 2.05) is 42.5 Å². The van der Waals surface area contributed by atoms with E-state index in [0.29, 0.717) is 34.1 Å². The molecular weight excluding hydrogens is 420 g/mol. The second-order valence-corrected chi connectivity index (χ2v) is 7.35. The third kappa shape index (κ3) is 4.39. The molecule has 0 saturated carbocycles. The van der Waals surface area contributed by atoms with Crippen molar-refractivity contribution in [1.29, 1.82) is 0 Å². The minimum atomic E-state index is -0.410. The molecular formula is C26H24N2O5. The van der Waals surface area contributed by atoms with Crippen LogP contribution in [0.15, 0.2) is 78.5 Å². The molecule has 0 radical (unpaired) electrons. The molecule has 0 aliphatic carbocycles. The Balaban J connectivity index is 1.72. The van der Waals surface area contributed by atoms with Crippen molar-refractivity contribution in [1.82, 2.24) is 4.90 Å². The van der Waals surface area contributed by atoms with E-state index < -0.39 is 5.91 Å². The molecule has 0 unspecified atom stereocenters. The van der Waals surface area contributed by atoms with Gasteiger partial charge in [0.05, 0.1) is 39.1 Å². The van der Waals surface area contributed by atoms with Gasteiger partial charge in [0.25, 0.3) is 11.8 Å². The topological polar surface area (TPSA) is 77.1 Å². The summed E-state index contributed by atoms with van der Waals surface area (Å²) in [6.07, 6.45) is 0. The smallest absolute Gasteiger partial charge is 0.278 e. The molecule has 0 spiro atoms. The summed E-state index contributed by atoms with van der Waals surface area (Å²) in [5.74, 6) is 1.03. The number of ether oxygens (including phenoxy) is 3. The number of benzene rings is 3. The van der Waals surface area contributed by atoms with Crippen LogP contribution in [0.1, 0.15) is 11.1 Å². The first-order valence-electron chi connectivity index (χ1n) is 10.3. The monoisotopic (exact) mass is 444 g/mol. The van der Waals surface area contributed by atoms with Crippen LogP contribution >= 0.6 is 0 Å². The van der Waals surface area contributed by atoms with Crippen molar-refractivity contribution < 1.29 is 23.8 Å². The van der Waals surface area contributed by atoms with Crippen LogP contribution in [0.5, 0.6) is 17.2 Å². The van der Waals surface area contributed by atoms with Crippen molar-refractivity contribution in [3.8, 4) is 17.2 Å². The summed E-state index contributed by atoms with van der Waals surface area (Å²) < 4.78 is 15.9. The maximum absolute atomic E-state index is 13.4. The first-order chi connectivity index (χ1) is 16.0. The number of carbonyl (C=O) groups is 2. The van der Waals surface area contributed by atoms with Crippen molar-refractivity contribution in [2.45, 2.75) is 6.54 Å². The molecule has 0 atom stereocenters. The Hall–Kier alpha value is -4.26. The van der Waals surface area contributed by atoms with Crippen LogP contribution in [-0.4, -0.2) is 38.0 Å². The molecule has 3 aromatic rings. The van der Waals surface area contributed by atoms with Crippen molar-refractivity contribution in [3.63, 3.8) is 0 Å². The largest absolute Gasteiger partial charge is 0.497 e. The molecule has 1 heterocycles. The highest BCUT2D eigenvalue weighted by Crippen LogP contribution is 2.35. The molecule has 7 heteroatoms. The summed E-state index contributed by atoms with van der Waals surface area (Å²) in [6, 6.07) is 21.6. The van der Waals surface area contributed by atoms with E-state index in [1.54, 1.807) is 44.6 Å². The highest BCUT2D eigenvalue weighted by Gasteiger charge is 2.39. The van der Waals surface area contributed by atoms with E-state index in [4.69, 9.17) is 14.2 Å². The van der Waals surface area contributed by atoms with Gasteiger partial charge >= 0.3 is 0 Å². The van der Waals surface area contributed by atoms with Gasteiger partial charge in [0.15, 0.2) is 0 Å². The lowest BCUT2D eigenvalue weighted by Crippen LogP contribution is -2.32. The van der Waals surface area contributed by atoms with Gasteiger partial charge in [-0.2, -0.15) is 0 Å². The van der Waals surface area contributed by atoms with Crippen LogP contribution in [0, 0.1) is 0 Å². The molecule has 0 bridgehead atoms. The fourth-order valence-electron chi connectivity index (χ4n) is 3.66. The third-order valence-electron chi connectivity index (χ3n) is 5.40. The number of nitrogens with zero attached hydrogens (tertiary/aromatic N) is 1. The molecule has 168 valence electrons. The number of hydrogen-bond donors (Lipinski definition) is 1. The lowest BCUT2D eigenvalue weighted by molar-refractivity contribution is -0.137. The Morgan fingerprint density at radius 2 is 1.42 bits per heavy atom. The Bertz CT molecular complexity index is 1200. The number of methoxy groups -OCH3 is 3. The molecule has 1 N–H and O–H groups in total. The normalized spacial score (nSPS) is 13.4. The standard InChI is InChI=1S/C26H24N2O5/c1-31-19-11-9-17(10-12-19)16-28-25(29)23(18-7-5-4-6-8-18)24(26(28)30)27-21-14-13-20(32-2)15-22(21)33-3/h4-15,27H,16H2,1-3H3. The van der Waals surface area contributed by atoms with Crippen LogP contribution < -0.4 is 19.5 Å². The quantitative estimate of drug-likeness (QED) is 0.527. The predicted octanol–water partition coefficient (Wildman–Crippen LogP) is 4.10. The van der Waals surface area contributed by atoms with E-state index in [1.165, 1.54) is 12.0 Å². The molecule has 4 rings (SSSR count). The van der Waals surface area contributed by atoms with Gasteiger partial charge in [-0.3, -0.25) is 14.5 Å². The molecule has 2 amide bonds. The third-order valence-corrected chi connectivity index (χ3v) is 5.40. The van der Waals surface area contributed by atoms with Crippen LogP contribution in [0.3, 0.4) is 0 Å². The van der Waals surface area contributed by atoms with Gasteiger partial charge in [-0.1, -0.05) is 42.5 Å². The highest BCUT2D eigenvalue weighted by molar-refractivity contribution is 6.36. The van der Waals surface area contributed by atoms with E-state index in [9.17, 15) is 9.59 Å². The van der Waals surface area contributed by atoms with E-state index in [0.717, 1.165) is 5.56 Å². The number of anilines is 1. The molecule has 1 aliphatic heterocycles. The summed E-state index contributed by atoms with van der Waals surface area (Å²) >= 11 is 0. The Morgan fingerprint density at radius 3 is 2.06 bits per heavy atom. The minimum Gasteiger partial charge on any atom is -0.497 e. The van der Waals surface area contributed by atoms with Gasteiger partial charge in [0.2, 0.25) is 0 Å². The molecule has 0 saturated heterocycles. The SMILES string of the molecule is COc1ccc(CN2C(=O)C(Nc3ccc(OC)cc3OC)=C(c3ccccc3)C2=O)cc1. The number of rotatable bonds is 8. The maximum Gasteiger partial charge on any atom is 0.278 e. The van der Waals surface area contributed by atoms with Crippen LogP contribution in [0.4, 0.5) is 5.69 Å². The van der Waals surface area contributed by atoms with Gasteiger partial charge in [0, 0.05) is 6.07 Å². The Labute approximate surface area is 192 Å². The zero-order valence-electron chi connectivity index (χ0n) is 18.6. The first kappa shape index (κ1) is 22.0. The van der Waals surface area contributed by atoms with Gasteiger partial charge in [-0.15, -0.1) is 0 Å². The molecule has 0 aromatic heterocycles. The highest BCUT2D eigenvalue weighted by atomic mass is 16.5. The zero-order chi connectivity index (χ0) is 23.4. The lowest BCUT2D eigenvalue weighted by atomic mass is 10.0. The molecule has 3 aromatic carbocycles. The number of carbonyl (C=O) groups excluding carboxylic acids is 2. The second-order valence-electron chi connectivity index (χ2n) is 7.35. The van der Waals surface area contributed by atoms with Crippen molar-refractivity contribution in [2.24, 2.45) is 0 Å². The lowest BCUT2D eigenvalue weighted by Gasteiger charge is -2.16. The number of amides is 2. The summed E-state index contributed by atoms with van der Waals surface area (Å²) in [5.41, 5.74) is 2.53. The minimum absolute atomic E-state index is 0.142. The average Bonchev–Trinajstić information content (AvgIpc) is 3.09. The first-order valence-corrected chi connectivity index (χ1v) is 10.3. The van der Waals surface area contributed by atoms with E-state index in [2.05, 4.69) is 5.32 Å². The van der Waals surface area contributed by atoms with Gasteiger partial charge in [0.1, 0.15) is 22.9 Å². The summed E-state index contributed by atoms with van der Waals surface area (Å²) in [6.45, 7) is 0.142. The Kier molecular flexibility index (Phi) is 6.31. The average molecular weight is 444 g/mol. The fraction of sp³-hybridized carbons (Fsp3) is 0.154. The predicted molar refractivity (Wildman–Crippen MR) is 125 cm³/mol. The second kappa shape index (κ2) is 9.48. The van der Waals surface area contributed by atoms with Crippen LogP contribution in [0.25, 0.3) is 5.57 Å². The summed E-state index contributed by atoms with van der Waals surface area (Å²) in [4.78, 5) is 28.1. The van der Waals surface area contributed by atoms with Crippen molar-refractivity contribution in [3.05, 3.63) is 89.6 Å². The van der Waals surface area contributed by atoms with Gasteiger partial charge in [-0.05, 0) is 35.4 Å². The number of hydrogen-bond acceptors (Lipinski definition) is 6. The summed E-state index contributed by atoms with van der Waals surface area (Å²) in [7, 11) is 4.68. The van der Waals surface area contributed by atoms with Crippen LogP contribution in [-0.2, 0) is 16.1 Å². The molecule has 0 fully saturated rings. The van der Waals surface area contributed by atoms with E-state index in [-0.39, 0.29) is 18.1 Å². The van der Waals surface area contributed by atoms with Crippen LogP contribution in [0.2, 0.25) is 0 Å². The summed E-state index contributed by atoms with van der Waals surface area (Å²) in [5, 5.41) is 3.14. The van der Waals surface area contributed by atoms with Crippen molar-refractivity contribution in [2.75, 3.05) is 26.6 Å². The fourth-order valence-corrected chi connectivity index (χ4v) is 3.66. The number of nitrogens with one attached hydrogen (secondary N) is 1. The molecule has 7 nitrogen and oxygen atoms in total.